The van der Waals surface area contributed by atoms with E-state index in [1.165, 1.54) is 0 Å². The molecule has 250 valence electrons. The Kier molecular flexibility index (Phi) is 23.3. The van der Waals surface area contributed by atoms with Crippen molar-refractivity contribution in [2.45, 2.75) is 129 Å². The average molecular weight is 603 g/mol. The minimum atomic E-state index is -0.854. The zero-order valence-corrected chi connectivity index (χ0v) is 31.6. The van der Waals surface area contributed by atoms with E-state index in [0.717, 1.165) is 6.54 Å². The molecule has 0 heterocycles. The Labute approximate surface area is 269 Å². The summed E-state index contributed by atoms with van der Waals surface area (Å²) in [4.78, 5) is 2.07. The number of hydrogen-bond donors (Lipinski definition) is 4. The van der Waals surface area contributed by atoms with Crippen LogP contribution in [0.2, 0.25) is 0 Å². The Morgan fingerprint density at radius 3 is 1.26 bits per heavy atom. The normalized spacial score (nSPS) is 13.5. The van der Waals surface area contributed by atoms with Gasteiger partial charge in [0.2, 0.25) is 0 Å². The predicted octanol–water partition coefficient (Wildman–Crippen LogP) is 6.45. The molecule has 0 amide bonds. The minimum Gasteiger partial charge on any atom is -0.395 e. The van der Waals surface area contributed by atoms with E-state index in [0.29, 0.717) is 0 Å². The van der Waals surface area contributed by atoms with E-state index in [4.69, 9.17) is 15.9 Å². The van der Waals surface area contributed by atoms with E-state index in [1.54, 1.807) is 6.92 Å². The fourth-order valence-corrected chi connectivity index (χ4v) is 1.67. The summed E-state index contributed by atoms with van der Waals surface area (Å²) in [6.07, 6.45) is 0. The van der Waals surface area contributed by atoms with Crippen molar-refractivity contribution in [1.82, 2.24) is 4.90 Å². The van der Waals surface area contributed by atoms with Crippen LogP contribution in [0, 0.1) is 80.4 Å². The van der Waals surface area contributed by atoms with Gasteiger partial charge in [-0.05, 0) is 124 Å². The molecule has 5 heteroatoms. The molecule has 0 fully saturated rings. The standard InChI is InChI=1S/C11H20O.C10H18O.C9H17N.C8H15NO/c1-9(2)11(6,12)8-7-10(3,4)5;1-9(2,3)6-7-10(4,5)8-11;1-9(2,3)7-6-8-10(4)5;1-8(2,3)5-4-7(9)6-10/h9,12H,1-6H3;11H,8H2,1-5H3;8H2,1-5H3;7,10H,6,9H2,1-3H3/t;;;7-/m...1/s1. The number of aliphatic hydroxyl groups excluding tert-OH is 2. The summed E-state index contributed by atoms with van der Waals surface area (Å²) in [7, 11) is 4.05. The van der Waals surface area contributed by atoms with Gasteiger partial charge in [-0.2, -0.15) is 0 Å². The first-order valence-electron chi connectivity index (χ1n) is 15.2. The second kappa shape index (κ2) is 20.9. The fraction of sp³-hybridized carbons (Fsp3) is 0.789. The molecular weight excluding hydrogens is 532 g/mol. The Balaban J connectivity index is -0.000000236. The number of nitrogens with two attached hydrogens (primary N) is 1. The van der Waals surface area contributed by atoms with Crippen LogP contribution in [0.5, 0.6) is 0 Å². The maximum atomic E-state index is 9.78. The van der Waals surface area contributed by atoms with Crippen molar-refractivity contribution >= 4 is 0 Å². The van der Waals surface area contributed by atoms with Gasteiger partial charge in [0, 0.05) is 27.1 Å². The molecule has 1 unspecified atom stereocenters. The molecule has 2 atom stereocenters. The van der Waals surface area contributed by atoms with Crippen molar-refractivity contribution in [3.8, 4) is 47.4 Å². The molecule has 0 aliphatic heterocycles. The molecule has 0 rings (SSSR count). The molecule has 0 bridgehead atoms. The smallest absolute Gasteiger partial charge is 0.125 e. The Bertz CT molecular complexity index is 994. The molecule has 0 aliphatic rings. The molecule has 5 N–H and O–H groups in total. The summed E-state index contributed by atoms with van der Waals surface area (Å²) in [5.74, 6) is 24.2. The maximum absolute atomic E-state index is 9.78. The van der Waals surface area contributed by atoms with Crippen LogP contribution in [0.1, 0.15) is 118 Å². The second-order valence-electron chi connectivity index (χ2n) is 16.4. The van der Waals surface area contributed by atoms with E-state index in [1.807, 2.05) is 83.3 Å². The Morgan fingerprint density at radius 1 is 0.605 bits per heavy atom. The highest BCUT2D eigenvalue weighted by molar-refractivity contribution is 5.17. The average Bonchev–Trinajstić information content (AvgIpc) is 2.79. The third-order valence-corrected chi connectivity index (χ3v) is 4.67. The van der Waals surface area contributed by atoms with Crippen LogP contribution in [-0.2, 0) is 0 Å². The summed E-state index contributed by atoms with van der Waals surface area (Å²) < 4.78 is 0. The van der Waals surface area contributed by atoms with Gasteiger partial charge in [-0.3, -0.25) is 4.90 Å². The summed E-state index contributed by atoms with van der Waals surface area (Å²) >= 11 is 0. The maximum Gasteiger partial charge on any atom is 0.125 e. The second-order valence-corrected chi connectivity index (χ2v) is 16.4. The predicted molar refractivity (Wildman–Crippen MR) is 189 cm³/mol. The molecule has 0 aromatic rings. The van der Waals surface area contributed by atoms with Gasteiger partial charge in [0.15, 0.2) is 0 Å². The van der Waals surface area contributed by atoms with Crippen LogP contribution in [0.25, 0.3) is 0 Å². The first kappa shape index (κ1) is 48.0. The molecule has 0 radical (unpaired) electrons. The van der Waals surface area contributed by atoms with Gasteiger partial charge in [0.25, 0.3) is 0 Å². The van der Waals surface area contributed by atoms with Crippen LogP contribution in [-0.4, -0.2) is 65.7 Å². The van der Waals surface area contributed by atoms with Crippen LogP contribution in [0.15, 0.2) is 0 Å². The molecule has 43 heavy (non-hydrogen) atoms. The summed E-state index contributed by atoms with van der Waals surface area (Å²) in [5, 5.41) is 27.2. The van der Waals surface area contributed by atoms with E-state index < -0.39 is 5.60 Å². The lowest BCUT2D eigenvalue weighted by molar-refractivity contribution is 0.0723. The highest BCUT2D eigenvalue weighted by Crippen LogP contribution is 2.18. The van der Waals surface area contributed by atoms with Crippen molar-refractivity contribution < 1.29 is 15.3 Å². The van der Waals surface area contributed by atoms with Gasteiger partial charge < -0.3 is 21.1 Å². The Hall–Kier alpha value is -1.96. The topological polar surface area (TPSA) is 90.0 Å². The summed E-state index contributed by atoms with van der Waals surface area (Å²) in [5.41, 5.74) is 4.38. The molecular formula is C38H70N2O3. The summed E-state index contributed by atoms with van der Waals surface area (Å²) in [6, 6.07) is -0.390. The highest BCUT2D eigenvalue weighted by atomic mass is 16.3. The zero-order valence-electron chi connectivity index (χ0n) is 31.6. The van der Waals surface area contributed by atoms with Crippen molar-refractivity contribution in [2.75, 3.05) is 33.9 Å². The molecule has 0 aromatic heterocycles. The minimum absolute atomic E-state index is 0.0210. The Morgan fingerprint density at radius 2 is 0.977 bits per heavy atom. The van der Waals surface area contributed by atoms with Gasteiger partial charge in [0.05, 0.1) is 25.8 Å². The first-order valence-corrected chi connectivity index (χ1v) is 15.2. The van der Waals surface area contributed by atoms with Crippen LogP contribution >= 0.6 is 0 Å². The lowest BCUT2D eigenvalue weighted by Crippen LogP contribution is -2.29. The number of rotatable bonds is 4. The van der Waals surface area contributed by atoms with Gasteiger partial charge in [-0.15, -0.1) is 0 Å². The number of hydrogen-bond acceptors (Lipinski definition) is 5. The largest absolute Gasteiger partial charge is 0.395 e. The first-order chi connectivity index (χ1) is 18.8. The highest BCUT2D eigenvalue weighted by Gasteiger charge is 2.22. The van der Waals surface area contributed by atoms with E-state index in [2.05, 4.69) is 93.8 Å². The molecule has 0 spiro atoms. The third kappa shape index (κ3) is 44.6. The van der Waals surface area contributed by atoms with E-state index in [9.17, 15) is 5.11 Å². The quantitative estimate of drug-likeness (QED) is 0.278. The lowest BCUT2D eigenvalue weighted by atomic mass is 9.90. The number of aliphatic hydroxyl groups is 3. The molecule has 0 aromatic carbocycles. The molecule has 5 nitrogen and oxygen atoms in total. The SMILES string of the molecule is CC(C)(C)C#CC(C)(C)CO.CC(C)(C)C#C[C@@H](N)CO.CC(C)C(C)(O)C#CC(C)(C)C.CN(C)CC#CC(C)(C)C. The molecule has 0 saturated heterocycles. The van der Waals surface area contributed by atoms with Crippen molar-refractivity contribution in [1.29, 1.82) is 0 Å². The third-order valence-electron chi connectivity index (χ3n) is 4.67. The monoisotopic (exact) mass is 603 g/mol. The van der Waals surface area contributed by atoms with Gasteiger partial charge >= 0.3 is 0 Å². The van der Waals surface area contributed by atoms with Crippen molar-refractivity contribution in [3.63, 3.8) is 0 Å². The zero-order chi connectivity index (χ0) is 35.5. The van der Waals surface area contributed by atoms with Crippen LogP contribution in [0.3, 0.4) is 0 Å². The van der Waals surface area contributed by atoms with Crippen molar-refractivity contribution in [3.05, 3.63) is 0 Å². The van der Waals surface area contributed by atoms with Crippen molar-refractivity contribution in [2.24, 2.45) is 38.7 Å². The number of nitrogens with zero attached hydrogens (tertiary/aromatic N) is 1. The summed E-state index contributed by atoms with van der Waals surface area (Å²) in [6.45, 7) is 35.2. The van der Waals surface area contributed by atoms with Crippen LogP contribution < -0.4 is 5.73 Å². The fourth-order valence-electron chi connectivity index (χ4n) is 1.67. The molecule has 0 aliphatic carbocycles. The van der Waals surface area contributed by atoms with E-state index >= 15 is 0 Å². The van der Waals surface area contributed by atoms with Crippen LogP contribution in [0.4, 0.5) is 0 Å². The lowest BCUT2D eigenvalue weighted by Gasteiger charge is -2.21. The van der Waals surface area contributed by atoms with Gasteiger partial charge in [0.1, 0.15) is 5.60 Å². The van der Waals surface area contributed by atoms with Gasteiger partial charge in [-0.1, -0.05) is 61.2 Å². The molecule has 0 saturated carbocycles. The van der Waals surface area contributed by atoms with E-state index in [-0.39, 0.29) is 52.2 Å². The van der Waals surface area contributed by atoms with Gasteiger partial charge in [-0.25, -0.2) is 0 Å².